The first-order valence-corrected chi connectivity index (χ1v) is 9.02. The molecule has 0 unspecified atom stereocenters. The summed E-state index contributed by atoms with van der Waals surface area (Å²) in [7, 11) is 1.54. The lowest BCUT2D eigenvalue weighted by atomic mass is 10.1. The molecule has 0 atom stereocenters. The third kappa shape index (κ3) is 2.87. The minimum Gasteiger partial charge on any atom is -0.494 e. The van der Waals surface area contributed by atoms with Crippen molar-refractivity contribution in [2.75, 3.05) is 25.6 Å². The lowest BCUT2D eigenvalue weighted by molar-refractivity contribution is 0.173. The zero-order valence-corrected chi connectivity index (χ0v) is 15.8. The molecule has 0 amide bonds. The van der Waals surface area contributed by atoms with Gasteiger partial charge in [0.05, 0.1) is 18.2 Å². The minimum atomic E-state index is -0.164. The molecule has 0 saturated heterocycles. The van der Waals surface area contributed by atoms with E-state index < -0.39 is 0 Å². The van der Waals surface area contributed by atoms with E-state index >= 15 is 0 Å². The highest BCUT2D eigenvalue weighted by atomic mass is 16.6. The first-order chi connectivity index (χ1) is 14.1. The van der Waals surface area contributed by atoms with Gasteiger partial charge in [0.1, 0.15) is 30.0 Å². The van der Waals surface area contributed by atoms with Gasteiger partial charge in [-0.25, -0.2) is 15.0 Å². The molecular formula is C20H17N5O4. The van der Waals surface area contributed by atoms with Crippen molar-refractivity contribution in [1.29, 1.82) is 0 Å². The molecule has 2 N–H and O–H groups in total. The molecule has 2 aromatic heterocycles. The van der Waals surface area contributed by atoms with Crippen LogP contribution in [0, 0.1) is 6.92 Å². The van der Waals surface area contributed by atoms with E-state index in [9.17, 15) is 5.11 Å². The lowest BCUT2D eigenvalue weighted by Crippen LogP contribution is -2.16. The number of para-hydroxylation sites is 1. The van der Waals surface area contributed by atoms with Crippen molar-refractivity contribution in [3.8, 4) is 23.1 Å². The quantitative estimate of drug-likeness (QED) is 0.544. The first-order valence-electron chi connectivity index (χ1n) is 9.02. The van der Waals surface area contributed by atoms with Crippen LogP contribution in [0.5, 0.6) is 23.1 Å². The van der Waals surface area contributed by atoms with Gasteiger partial charge in [0.15, 0.2) is 11.5 Å². The van der Waals surface area contributed by atoms with Crippen molar-refractivity contribution in [3.05, 3.63) is 36.0 Å². The molecule has 0 saturated carbocycles. The van der Waals surface area contributed by atoms with E-state index in [0.29, 0.717) is 46.9 Å². The maximum atomic E-state index is 10.3. The number of aromatic nitrogens is 4. The Balaban J connectivity index is 1.62. The van der Waals surface area contributed by atoms with E-state index in [4.69, 9.17) is 14.2 Å². The number of nitrogens with one attached hydrogen (secondary N) is 1. The van der Waals surface area contributed by atoms with Crippen molar-refractivity contribution >= 4 is 33.7 Å². The number of aromatic hydroxyl groups is 1. The van der Waals surface area contributed by atoms with Gasteiger partial charge in [0, 0.05) is 5.39 Å². The monoisotopic (exact) mass is 391 g/mol. The number of methoxy groups -OCH3 is 1. The molecule has 1 aliphatic rings. The summed E-state index contributed by atoms with van der Waals surface area (Å²) in [6.07, 6.45) is 0. The SMILES string of the molecule is COc1cccc2c(O)nc(Nc3nc(C)c4ccc5c(c4n3)OCCO5)nc12. The Bertz CT molecular complexity index is 1260. The summed E-state index contributed by atoms with van der Waals surface area (Å²) in [4.78, 5) is 17.6. The Morgan fingerprint density at radius 2 is 1.72 bits per heavy atom. The first kappa shape index (κ1) is 17.2. The predicted molar refractivity (Wildman–Crippen MR) is 106 cm³/mol. The van der Waals surface area contributed by atoms with Crippen molar-refractivity contribution in [2.24, 2.45) is 0 Å². The van der Waals surface area contributed by atoms with Crippen molar-refractivity contribution in [2.45, 2.75) is 6.92 Å². The summed E-state index contributed by atoms with van der Waals surface area (Å²) in [6.45, 7) is 2.84. The van der Waals surface area contributed by atoms with Crippen molar-refractivity contribution in [1.82, 2.24) is 19.9 Å². The number of rotatable bonds is 3. The summed E-state index contributed by atoms with van der Waals surface area (Å²) >= 11 is 0. The molecule has 0 fully saturated rings. The topological polar surface area (TPSA) is 112 Å². The fourth-order valence-corrected chi connectivity index (χ4v) is 3.34. The molecule has 0 spiro atoms. The van der Waals surface area contributed by atoms with E-state index in [2.05, 4.69) is 25.3 Å². The van der Waals surface area contributed by atoms with Crippen LogP contribution in [0.25, 0.3) is 21.8 Å². The highest BCUT2D eigenvalue weighted by Gasteiger charge is 2.19. The highest BCUT2D eigenvalue weighted by molar-refractivity contribution is 5.91. The molecule has 0 aliphatic carbocycles. The molecule has 2 aromatic carbocycles. The third-order valence-corrected chi connectivity index (χ3v) is 4.68. The molecule has 4 aromatic rings. The molecule has 0 bridgehead atoms. The van der Waals surface area contributed by atoms with Crippen LogP contribution < -0.4 is 19.5 Å². The molecule has 1 aliphatic heterocycles. The number of hydrogen-bond acceptors (Lipinski definition) is 9. The largest absolute Gasteiger partial charge is 0.494 e. The predicted octanol–water partition coefficient (Wildman–Crippen LogP) is 3.11. The lowest BCUT2D eigenvalue weighted by Gasteiger charge is -2.20. The minimum absolute atomic E-state index is 0.153. The number of fused-ring (bicyclic) bond motifs is 4. The zero-order chi connectivity index (χ0) is 20.0. The smallest absolute Gasteiger partial charge is 0.233 e. The average molecular weight is 391 g/mol. The van der Waals surface area contributed by atoms with Gasteiger partial charge in [-0.15, -0.1) is 0 Å². The summed E-state index contributed by atoms with van der Waals surface area (Å²) in [6, 6.07) is 9.01. The number of hydrogen-bond donors (Lipinski definition) is 2. The summed E-state index contributed by atoms with van der Waals surface area (Å²) in [5, 5.41) is 14.6. The second-order valence-electron chi connectivity index (χ2n) is 6.47. The second-order valence-corrected chi connectivity index (χ2v) is 6.47. The van der Waals surface area contributed by atoms with Gasteiger partial charge in [0.25, 0.3) is 0 Å². The van der Waals surface area contributed by atoms with Crippen LogP contribution in [0.4, 0.5) is 11.9 Å². The molecule has 3 heterocycles. The van der Waals surface area contributed by atoms with Crippen molar-refractivity contribution in [3.63, 3.8) is 0 Å². The van der Waals surface area contributed by atoms with Gasteiger partial charge < -0.3 is 19.3 Å². The Labute approximate surface area is 165 Å². The number of benzene rings is 2. The molecule has 146 valence electrons. The standard InChI is InChI=1S/C20H17N5O4/c1-10-11-6-7-14-17(29-9-8-28-14)16(11)23-19(21-10)25-20-22-15-12(18(26)24-20)4-3-5-13(15)27-2/h3-7H,8-9H2,1-2H3,(H2,21,22,23,24,25,26). The number of anilines is 2. The van der Waals surface area contributed by atoms with Crippen molar-refractivity contribution < 1.29 is 19.3 Å². The van der Waals surface area contributed by atoms with E-state index in [1.54, 1.807) is 25.3 Å². The average Bonchev–Trinajstić information content (AvgIpc) is 2.73. The summed E-state index contributed by atoms with van der Waals surface area (Å²) in [5.41, 5.74) is 1.88. The summed E-state index contributed by atoms with van der Waals surface area (Å²) in [5.74, 6) is 2.04. The third-order valence-electron chi connectivity index (χ3n) is 4.68. The zero-order valence-electron chi connectivity index (χ0n) is 15.8. The summed E-state index contributed by atoms with van der Waals surface area (Å²) < 4.78 is 16.8. The number of ether oxygens (including phenoxy) is 3. The van der Waals surface area contributed by atoms with Gasteiger partial charge in [-0.1, -0.05) is 6.07 Å². The molecule has 29 heavy (non-hydrogen) atoms. The fraction of sp³-hybridized carbons (Fsp3) is 0.200. The van der Waals surface area contributed by atoms with E-state index in [1.165, 1.54) is 0 Å². The van der Waals surface area contributed by atoms with E-state index in [1.807, 2.05) is 19.1 Å². The van der Waals surface area contributed by atoms with E-state index in [-0.39, 0.29) is 17.8 Å². The van der Waals surface area contributed by atoms with Crippen LogP contribution in [0.1, 0.15) is 5.69 Å². The maximum Gasteiger partial charge on any atom is 0.233 e. The van der Waals surface area contributed by atoms with Gasteiger partial charge in [0.2, 0.25) is 17.8 Å². The number of nitrogens with zero attached hydrogens (tertiary/aromatic N) is 4. The normalized spacial score (nSPS) is 12.9. The molecular weight excluding hydrogens is 374 g/mol. The van der Waals surface area contributed by atoms with Crippen LogP contribution in [0.2, 0.25) is 0 Å². The molecule has 9 heteroatoms. The highest BCUT2D eigenvalue weighted by Crippen LogP contribution is 2.38. The van der Waals surface area contributed by atoms with Gasteiger partial charge in [-0.05, 0) is 31.2 Å². The molecule has 5 rings (SSSR count). The Hall–Kier alpha value is -3.88. The van der Waals surface area contributed by atoms with Gasteiger partial charge in [-0.2, -0.15) is 4.98 Å². The van der Waals surface area contributed by atoms with Crippen LogP contribution in [0.15, 0.2) is 30.3 Å². The van der Waals surface area contributed by atoms with Gasteiger partial charge >= 0.3 is 0 Å². The Morgan fingerprint density at radius 1 is 0.931 bits per heavy atom. The number of aryl methyl sites for hydroxylation is 1. The maximum absolute atomic E-state index is 10.3. The Morgan fingerprint density at radius 3 is 2.59 bits per heavy atom. The van der Waals surface area contributed by atoms with Crippen LogP contribution in [-0.2, 0) is 0 Å². The van der Waals surface area contributed by atoms with Gasteiger partial charge in [-0.3, -0.25) is 5.32 Å². The second kappa shape index (κ2) is 6.62. The van der Waals surface area contributed by atoms with Crippen LogP contribution in [0.3, 0.4) is 0 Å². The Kier molecular flexibility index (Phi) is 3.94. The molecule has 0 radical (unpaired) electrons. The fourth-order valence-electron chi connectivity index (χ4n) is 3.34. The molecule has 9 nitrogen and oxygen atoms in total. The van der Waals surface area contributed by atoms with Crippen LogP contribution in [-0.4, -0.2) is 45.4 Å². The van der Waals surface area contributed by atoms with Crippen LogP contribution >= 0.6 is 0 Å². The van der Waals surface area contributed by atoms with E-state index in [0.717, 1.165) is 11.1 Å².